The summed E-state index contributed by atoms with van der Waals surface area (Å²) in [6.45, 7) is 5.89. The SMILES string of the molecule is CSCCCNC(=NCc1nnc(C)n1C)N1CC2CCCCC2C1.I. The van der Waals surface area contributed by atoms with Crippen LogP contribution >= 0.6 is 35.7 Å². The zero-order chi connectivity index (χ0) is 17.6. The van der Waals surface area contributed by atoms with Crippen molar-refractivity contribution >= 4 is 41.7 Å². The predicted molar refractivity (Wildman–Crippen MR) is 120 cm³/mol. The largest absolute Gasteiger partial charge is 0.356 e. The Bertz CT molecular complexity index is 576. The van der Waals surface area contributed by atoms with Crippen molar-refractivity contribution < 1.29 is 0 Å². The van der Waals surface area contributed by atoms with Gasteiger partial charge >= 0.3 is 0 Å². The number of aromatic nitrogens is 3. The van der Waals surface area contributed by atoms with E-state index in [0.29, 0.717) is 6.54 Å². The van der Waals surface area contributed by atoms with Crippen LogP contribution in [0.5, 0.6) is 0 Å². The molecule has 1 aliphatic carbocycles. The highest BCUT2D eigenvalue weighted by atomic mass is 127. The Kier molecular flexibility index (Phi) is 8.99. The molecule has 0 radical (unpaired) electrons. The number of aliphatic imine (C=N–C) groups is 1. The second-order valence-electron chi connectivity index (χ2n) is 7.35. The third kappa shape index (κ3) is 5.50. The molecule has 1 saturated carbocycles. The first-order chi connectivity index (χ1) is 12.2. The van der Waals surface area contributed by atoms with Crippen molar-refractivity contribution in [2.45, 2.75) is 45.6 Å². The number of thioether (sulfide) groups is 1. The van der Waals surface area contributed by atoms with Gasteiger partial charge in [0.1, 0.15) is 12.4 Å². The lowest BCUT2D eigenvalue weighted by Crippen LogP contribution is -2.41. The van der Waals surface area contributed by atoms with Crippen molar-refractivity contribution in [2.24, 2.45) is 23.9 Å². The molecule has 0 amide bonds. The molecule has 6 nitrogen and oxygen atoms in total. The first kappa shape index (κ1) is 21.8. The van der Waals surface area contributed by atoms with Crippen LogP contribution in [0.4, 0.5) is 0 Å². The Balaban J connectivity index is 0.00000243. The van der Waals surface area contributed by atoms with Crippen LogP contribution in [0, 0.1) is 18.8 Å². The van der Waals surface area contributed by atoms with Gasteiger partial charge in [-0.15, -0.1) is 34.2 Å². The highest BCUT2D eigenvalue weighted by Gasteiger charge is 2.35. The molecule has 1 aromatic heterocycles. The summed E-state index contributed by atoms with van der Waals surface area (Å²) < 4.78 is 2.03. The van der Waals surface area contributed by atoms with Gasteiger partial charge in [0.15, 0.2) is 11.8 Å². The van der Waals surface area contributed by atoms with Gasteiger partial charge in [0.25, 0.3) is 0 Å². The molecule has 1 aromatic rings. The van der Waals surface area contributed by atoms with E-state index in [1.165, 1.54) is 37.9 Å². The molecule has 2 fully saturated rings. The Hall–Kier alpha value is -0.510. The smallest absolute Gasteiger partial charge is 0.194 e. The monoisotopic (exact) mass is 492 g/mol. The van der Waals surface area contributed by atoms with Gasteiger partial charge in [0.2, 0.25) is 0 Å². The average Bonchev–Trinajstić information content (AvgIpc) is 3.19. The number of hydrogen-bond donors (Lipinski definition) is 1. The van der Waals surface area contributed by atoms with Crippen LogP contribution in [0.15, 0.2) is 4.99 Å². The van der Waals surface area contributed by atoms with Gasteiger partial charge in [-0.25, -0.2) is 4.99 Å². The van der Waals surface area contributed by atoms with Crippen molar-refractivity contribution in [1.82, 2.24) is 25.0 Å². The molecular weight excluding hydrogens is 459 g/mol. The maximum Gasteiger partial charge on any atom is 0.194 e. The molecule has 2 atom stereocenters. The molecule has 1 saturated heterocycles. The van der Waals surface area contributed by atoms with E-state index in [1.807, 2.05) is 30.3 Å². The van der Waals surface area contributed by atoms with Gasteiger partial charge in [-0.3, -0.25) is 0 Å². The van der Waals surface area contributed by atoms with Gasteiger partial charge in [0.05, 0.1) is 0 Å². The second-order valence-corrected chi connectivity index (χ2v) is 8.33. The summed E-state index contributed by atoms with van der Waals surface area (Å²) in [5.74, 6) is 5.85. The van der Waals surface area contributed by atoms with Crippen LogP contribution in [0.2, 0.25) is 0 Å². The van der Waals surface area contributed by atoms with Crippen molar-refractivity contribution in [3.05, 3.63) is 11.6 Å². The molecule has 1 aliphatic heterocycles. The average molecular weight is 492 g/mol. The van der Waals surface area contributed by atoms with Crippen molar-refractivity contribution in [3.63, 3.8) is 0 Å². The predicted octanol–water partition coefficient (Wildman–Crippen LogP) is 3.06. The molecule has 26 heavy (non-hydrogen) atoms. The number of aryl methyl sites for hydroxylation is 1. The van der Waals surface area contributed by atoms with E-state index < -0.39 is 0 Å². The minimum atomic E-state index is 0. The summed E-state index contributed by atoms with van der Waals surface area (Å²) >= 11 is 1.90. The summed E-state index contributed by atoms with van der Waals surface area (Å²) in [5.41, 5.74) is 0. The summed E-state index contributed by atoms with van der Waals surface area (Å²) in [7, 11) is 2.01. The summed E-state index contributed by atoms with van der Waals surface area (Å²) in [6.07, 6.45) is 8.93. The van der Waals surface area contributed by atoms with Gasteiger partial charge in [-0.05, 0) is 50.0 Å². The van der Waals surface area contributed by atoms with E-state index in [4.69, 9.17) is 4.99 Å². The molecule has 0 aromatic carbocycles. The van der Waals surface area contributed by atoms with Crippen molar-refractivity contribution in [1.29, 1.82) is 0 Å². The molecule has 0 bridgehead atoms. The molecule has 2 unspecified atom stereocenters. The van der Waals surface area contributed by atoms with E-state index in [-0.39, 0.29) is 24.0 Å². The maximum atomic E-state index is 4.91. The normalized spacial score (nSPS) is 22.9. The summed E-state index contributed by atoms with van der Waals surface area (Å²) in [4.78, 5) is 7.40. The number of nitrogens with one attached hydrogen (secondary N) is 1. The number of fused-ring (bicyclic) bond motifs is 1. The Morgan fingerprint density at radius 2 is 1.92 bits per heavy atom. The van der Waals surface area contributed by atoms with E-state index >= 15 is 0 Å². The summed E-state index contributed by atoms with van der Waals surface area (Å²) in [6, 6.07) is 0. The molecule has 1 N–H and O–H groups in total. The maximum absolute atomic E-state index is 4.91. The summed E-state index contributed by atoms with van der Waals surface area (Å²) in [5, 5.41) is 12.0. The first-order valence-electron chi connectivity index (χ1n) is 9.56. The highest BCUT2D eigenvalue weighted by Crippen LogP contribution is 2.35. The molecule has 0 spiro atoms. The number of likely N-dealkylation sites (tertiary alicyclic amines) is 1. The molecule has 3 rings (SSSR count). The van der Waals surface area contributed by atoms with Crippen LogP contribution in [0.1, 0.15) is 43.8 Å². The lowest BCUT2D eigenvalue weighted by Gasteiger charge is -2.22. The zero-order valence-corrected chi connectivity index (χ0v) is 19.4. The van der Waals surface area contributed by atoms with Gasteiger partial charge < -0.3 is 14.8 Å². The van der Waals surface area contributed by atoms with E-state index in [9.17, 15) is 0 Å². The second kappa shape index (κ2) is 10.7. The fourth-order valence-electron chi connectivity index (χ4n) is 4.00. The number of halogens is 1. The Morgan fingerprint density at radius 1 is 1.23 bits per heavy atom. The number of hydrogen-bond acceptors (Lipinski definition) is 4. The van der Waals surface area contributed by atoms with E-state index in [1.54, 1.807) is 0 Å². The highest BCUT2D eigenvalue weighted by molar-refractivity contribution is 14.0. The fourth-order valence-corrected chi connectivity index (χ4v) is 4.43. The number of nitrogens with zero attached hydrogens (tertiary/aromatic N) is 5. The molecule has 2 aliphatic rings. The van der Waals surface area contributed by atoms with Crippen molar-refractivity contribution in [2.75, 3.05) is 31.6 Å². The molecule has 2 heterocycles. The van der Waals surface area contributed by atoms with Crippen LogP contribution in [0.25, 0.3) is 0 Å². The zero-order valence-electron chi connectivity index (χ0n) is 16.3. The third-order valence-electron chi connectivity index (χ3n) is 5.64. The van der Waals surface area contributed by atoms with E-state index in [0.717, 1.165) is 49.1 Å². The minimum absolute atomic E-state index is 0. The lowest BCUT2D eigenvalue weighted by atomic mass is 9.82. The quantitative estimate of drug-likeness (QED) is 0.286. The van der Waals surface area contributed by atoms with Gasteiger partial charge in [0, 0.05) is 26.7 Å². The van der Waals surface area contributed by atoms with Crippen molar-refractivity contribution in [3.8, 4) is 0 Å². The van der Waals surface area contributed by atoms with E-state index in [2.05, 4.69) is 26.7 Å². The Labute approximate surface area is 179 Å². The molecule has 8 heteroatoms. The molecular formula is C18H33IN6S. The fraction of sp³-hybridized carbons (Fsp3) is 0.833. The van der Waals surface area contributed by atoms with Gasteiger partial charge in [-0.2, -0.15) is 11.8 Å². The lowest BCUT2D eigenvalue weighted by molar-refractivity contribution is 0.299. The van der Waals surface area contributed by atoms with Gasteiger partial charge in [-0.1, -0.05) is 12.8 Å². The third-order valence-corrected chi connectivity index (χ3v) is 6.33. The van der Waals surface area contributed by atoms with Crippen LogP contribution in [0.3, 0.4) is 0 Å². The standard InChI is InChI=1S/C18H32N6S.HI/c1-14-21-22-17(23(14)2)11-20-18(19-9-6-10-25-3)24-12-15-7-4-5-8-16(15)13-24;/h15-16H,4-13H2,1-3H3,(H,19,20);1H. The number of rotatable bonds is 6. The minimum Gasteiger partial charge on any atom is -0.356 e. The number of guanidine groups is 1. The Morgan fingerprint density at radius 3 is 2.50 bits per heavy atom. The van der Waals surface area contributed by atoms with Crippen LogP contribution in [-0.4, -0.2) is 57.3 Å². The van der Waals surface area contributed by atoms with Crippen LogP contribution < -0.4 is 5.32 Å². The topological polar surface area (TPSA) is 58.3 Å². The molecule has 148 valence electrons. The van der Waals surface area contributed by atoms with Crippen LogP contribution in [-0.2, 0) is 13.6 Å². The first-order valence-corrected chi connectivity index (χ1v) is 11.0.